The maximum Gasteiger partial charge on any atom is 0.0111 e. The standard InChI is InChI=1S/C13H24N2/c1-9-5-10(6-9)14-11-7-12-3-4-13(8-11)15(12)2/h9-14H,3-8H2,1-2H3. The van der Waals surface area contributed by atoms with Crippen LogP contribution in [0.4, 0.5) is 0 Å². The van der Waals surface area contributed by atoms with Gasteiger partial charge in [0.15, 0.2) is 0 Å². The molecule has 2 unspecified atom stereocenters. The number of rotatable bonds is 2. The lowest BCUT2D eigenvalue weighted by Crippen LogP contribution is -2.52. The van der Waals surface area contributed by atoms with Gasteiger partial charge in [-0.25, -0.2) is 0 Å². The highest BCUT2D eigenvalue weighted by Gasteiger charge is 2.39. The van der Waals surface area contributed by atoms with Crippen LogP contribution in [-0.4, -0.2) is 36.1 Å². The van der Waals surface area contributed by atoms with Crippen LogP contribution in [0.25, 0.3) is 0 Å². The molecule has 0 radical (unpaired) electrons. The fourth-order valence-corrected chi connectivity index (χ4v) is 3.92. The highest BCUT2D eigenvalue weighted by atomic mass is 15.2. The van der Waals surface area contributed by atoms with E-state index >= 15 is 0 Å². The minimum absolute atomic E-state index is 0.830. The molecule has 1 saturated carbocycles. The van der Waals surface area contributed by atoms with Gasteiger partial charge in [0.1, 0.15) is 0 Å². The summed E-state index contributed by atoms with van der Waals surface area (Å²) in [5, 5.41) is 3.88. The maximum atomic E-state index is 3.88. The van der Waals surface area contributed by atoms with Crippen LogP contribution in [0, 0.1) is 5.92 Å². The van der Waals surface area contributed by atoms with Crippen molar-refractivity contribution in [3.8, 4) is 0 Å². The molecule has 2 nitrogen and oxygen atoms in total. The third kappa shape index (κ3) is 1.83. The first-order valence-electron chi connectivity index (χ1n) is 6.70. The van der Waals surface area contributed by atoms with Gasteiger partial charge in [0, 0.05) is 24.2 Å². The fourth-order valence-electron chi connectivity index (χ4n) is 3.92. The molecule has 3 fully saturated rings. The first-order valence-corrected chi connectivity index (χ1v) is 6.70. The van der Waals surface area contributed by atoms with Crippen molar-refractivity contribution in [2.24, 2.45) is 5.92 Å². The third-order valence-electron chi connectivity index (χ3n) is 4.94. The first kappa shape index (κ1) is 10.1. The van der Waals surface area contributed by atoms with Crippen molar-refractivity contribution in [2.75, 3.05) is 7.05 Å². The Morgan fingerprint density at radius 1 is 0.933 bits per heavy atom. The van der Waals surface area contributed by atoms with Gasteiger partial charge in [-0.3, -0.25) is 0 Å². The van der Waals surface area contributed by atoms with Gasteiger partial charge < -0.3 is 10.2 Å². The van der Waals surface area contributed by atoms with Gasteiger partial charge in [-0.1, -0.05) is 6.92 Å². The summed E-state index contributed by atoms with van der Waals surface area (Å²) >= 11 is 0. The Balaban J connectivity index is 1.52. The molecule has 2 aliphatic heterocycles. The Labute approximate surface area is 93.4 Å². The number of nitrogens with one attached hydrogen (secondary N) is 1. The van der Waals surface area contributed by atoms with Gasteiger partial charge in [-0.2, -0.15) is 0 Å². The van der Waals surface area contributed by atoms with E-state index < -0.39 is 0 Å². The van der Waals surface area contributed by atoms with Crippen molar-refractivity contribution in [3.05, 3.63) is 0 Å². The van der Waals surface area contributed by atoms with Crippen molar-refractivity contribution < 1.29 is 0 Å². The van der Waals surface area contributed by atoms with E-state index in [0.29, 0.717) is 0 Å². The highest BCUT2D eigenvalue weighted by Crippen LogP contribution is 2.35. The fraction of sp³-hybridized carbons (Fsp3) is 1.00. The predicted molar refractivity (Wildman–Crippen MR) is 62.9 cm³/mol. The van der Waals surface area contributed by atoms with Crippen LogP contribution in [0.3, 0.4) is 0 Å². The van der Waals surface area contributed by atoms with Gasteiger partial charge in [-0.05, 0) is 51.5 Å². The number of piperidine rings is 1. The smallest absolute Gasteiger partial charge is 0.0111 e. The minimum atomic E-state index is 0.830. The molecule has 0 aromatic heterocycles. The molecule has 0 aromatic carbocycles. The minimum Gasteiger partial charge on any atom is -0.311 e. The Morgan fingerprint density at radius 3 is 2.00 bits per heavy atom. The molecule has 3 rings (SSSR count). The molecule has 2 heteroatoms. The van der Waals surface area contributed by atoms with Crippen molar-refractivity contribution in [2.45, 2.75) is 69.6 Å². The van der Waals surface area contributed by atoms with Crippen LogP contribution in [-0.2, 0) is 0 Å². The van der Waals surface area contributed by atoms with Gasteiger partial charge in [0.05, 0.1) is 0 Å². The van der Waals surface area contributed by atoms with E-state index in [-0.39, 0.29) is 0 Å². The van der Waals surface area contributed by atoms with Crippen LogP contribution in [0.2, 0.25) is 0 Å². The molecule has 0 amide bonds. The first-order chi connectivity index (χ1) is 7.22. The normalized spacial score (nSPS) is 50.4. The van der Waals surface area contributed by atoms with E-state index in [1.165, 1.54) is 38.5 Å². The van der Waals surface area contributed by atoms with Crippen molar-refractivity contribution in [1.29, 1.82) is 0 Å². The molecular weight excluding hydrogens is 184 g/mol. The Morgan fingerprint density at radius 2 is 1.47 bits per heavy atom. The van der Waals surface area contributed by atoms with E-state index in [2.05, 4.69) is 24.2 Å². The summed E-state index contributed by atoms with van der Waals surface area (Å²) in [5.74, 6) is 0.977. The van der Waals surface area contributed by atoms with E-state index in [1.54, 1.807) is 0 Å². The topological polar surface area (TPSA) is 15.3 Å². The van der Waals surface area contributed by atoms with Crippen LogP contribution < -0.4 is 5.32 Å². The summed E-state index contributed by atoms with van der Waals surface area (Å²) in [7, 11) is 2.32. The zero-order chi connectivity index (χ0) is 10.4. The average Bonchev–Trinajstić information content (AvgIpc) is 2.39. The monoisotopic (exact) mass is 208 g/mol. The second-order valence-electron chi connectivity index (χ2n) is 6.16. The Kier molecular flexibility index (Phi) is 2.52. The molecule has 15 heavy (non-hydrogen) atoms. The number of nitrogens with zero attached hydrogens (tertiary/aromatic N) is 1. The number of hydrogen-bond acceptors (Lipinski definition) is 2. The lowest BCUT2D eigenvalue weighted by atomic mass is 9.81. The van der Waals surface area contributed by atoms with Crippen molar-refractivity contribution >= 4 is 0 Å². The molecule has 3 aliphatic rings. The van der Waals surface area contributed by atoms with Gasteiger partial charge in [-0.15, -0.1) is 0 Å². The van der Waals surface area contributed by atoms with E-state index in [9.17, 15) is 0 Å². The Hall–Kier alpha value is -0.0800. The number of hydrogen-bond donors (Lipinski definition) is 1. The van der Waals surface area contributed by atoms with Crippen molar-refractivity contribution in [1.82, 2.24) is 10.2 Å². The van der Waals surface area contributed by atoms with Gasteiger partial charge in [0.25, 0.3) is 0 Å². The summed E-state index contributed by atoms with van der Waals surface area (Å²) < 4.78 is 0. The molecule has 1 N–H and O–H groups in total. The lowest BCUT2D eigenvalue weighted by molar-refractivity contribution is 0.124. The zero-order valence-corrected chi connectivity index (χ0v) is 10.1. The summed E-state index contributed by atoms with van der Waals surface area (Å²) in [6.07, 6.45) is 8.53. The molecule has 0 spiro atoms. The van der Waals surface area contributed by atoms with Crippen LogP contribution >= 0.6 is 0 Å². The van der Waals surface area contributed by atoms with E-state index in [4.69, 9.17) is 0 Å². The maximum absolute atomic E-state index is 3.88. The van der Waals surface area contributed by atoms with Crippen molar-refractivity contribution in [3.63, 3.8) is 0 Å². The summed E-state index contributed by atoms with van der Waals surface area (Å²) in [5.41, 5.74) is 0. The number of fused-ring (bicyclic) bond motifs is 2. The second kappa shape index (κ2) is 3.74. The van der Waals surface area contributed by atoms with E-state index in [1.807, 2.05) is 0 Å². The Bertz CT molecular complexity index is 221. The van der Waals surface area contributed by atoms with Gasteiger partial charge in [0.2, 0.25) is 0 Å². The molecular formula is C13H24N2. The molecule has 2 saturated heterocycles. The highest BCUT2D eigenvalue weighted by molar-refractivity contribution is 4.97. The lowest BCUT2D eigenvalue weighted by Gasteiger charge is -2.42. The molecule has 86 valence electrons. The molecule has 0 aromatic rings. The summed E-state index contributed by atoms with van der Waals surface area (Å²) in [4.78, 5) is 2.63. The summed E-state index contributed by atoms with van der Waals surface area (Å²) in [6, 6.07) is 3.46. The summed E-state index contributed by atoms with van der Waals surface area (Å²) in [6.45, 7) is 2.37. The molecule has 2 bridgehead atoms. The van der Waals surface area contributed by atoms with Gasteiger partial charge >= 0.3 is 0 Å². The molecule has 2 atom stereocenters. The van der Waals surface area contributed by atoms with Crippen LogP contribution in [0.15, 0.2) is 0 Å². The molecule has 2 heterocycles. The molecule has 1 aliphatic carbocycles. The quantitative estimate of drug-likeness (QED) is 0.746. The predicted octanol–water partition coefficient (Wildman–Crippen LogP) is 2.00. The van der Waals surface area contributed by atoms with Crippen LogP contribution in [0.5, 0.6) is 0 Å². The van der Waals surface area contributed by atoms with E-state index in [0.717, 1.165) is 30.1 Å². The second-order valence-corrected chi connectivity index (χ2v) is 6.16. The third-order valence-corrected chi connectivity index (χ3v) is 4.94. The SMILES string of the molecule is CC1CC(NC2CC3CCC(C2)N3C)C1. The van der Waals surface area contributed by atoms with Crippen LogP contribution in [0.1, 0.15) is 45.4 Å². The average molecular weight is 208 g/mol. The zero-order valence-electron chi connectivity index (χ0n) is 10.1. The largest absolute Gasteiger partial charge is 0.311 e.